The number of benzene rings is 1. The summed E-state index contributed by atoms with van der Waals surface area (Å²) < 4.78 is 6.89. The summed E-state index contributed by atoms with van der Waals surface area (Å²) in [5.74, 6) is 0.738. The highest BCUT2D eigenvalue weighted by Crippen LogP contribution is 2.23. The average Bonchev–Trinajstić information content (AvgIpc) is 2.41. The van der Waals surface area contributed by atoms with E-state index in [0.29, 0.717) is 12.2 Å². The summed E-state index contributed by atoms with van der Waals surface area (Å²) in [6.45, 7) is 4.13. The maximum Gasteiger partial charge on any atom is 0.253 e. The Morgan fingerprint density at radius 2 is 2.15 bits per heavy atom. The number of ether oxygens (including phenoxy) is 1. The summed E-state index contributed by atoms with van der Waals surface area (Å²) in [7, 11) is 1.61. The monoisotopic (exact) mass is 273 g/mol. The Balaban J connectivity index is 2.40. The van der Waals surface area contributed by atoms with Crippen molar-refractivity contribution in [2.24, 2.45) is 5.73 Å². The fourth-order valence-electron chi connectivity index (χ4n) is 2.02. The average molecular weight is 273 g/mol. The molecular formula is C15H19N3O2. The summed E-state index contributed by atoms with van der Waals surface area (Å²) in [6.07, 6.45) is 1.55. The van der Waals surface area contributed by atoms with Crippen molar-refractivity contribution in [3.63, 3.8) is 0 Å². The maximum atomic E-state index is 11.9. The van der Waals surface area contributed by atoms with Gasteiger partial charge in [-0.25, -0.2) is 4.98 Å². The first kappa shape index (κ1) is 14.3. The van der Waals surface area contributed by atoms with Gasteiger partial charge in [0.05, 0.1) is 20.0 Å². The molecule has 20 heavy (non-hydrogen) atoms. The summed E-state index contributed by atoms with van der Waals surface area (Å²) in [6, 6.07) is 7.23. The fourth-order valence-corrected chi connectivity index (χ4v) is 2.02. The second kappa shape index (κ2) is 5.88. The smallest absolute Gasteiger partial charge is 0.253 e. The van der Waals surface area contributed by atoms with E-state index in [-0.39, 0.29) is 11.6 Å². The van der Waals surface area contributed by atoms with Crippen LogP contribution in [0.3, 0.4) is 0 Å². The lowest BCUT2D eigenvalue weighted by Gasteiger charge is -2.13. The van der Waals surface area contributed by atoms with Crippen molar-refractivity contribution in [1.29, 1.82) is 0 Å². The molecule has 106 valence electrons. The minimum atomic E-state index is -0.0780. The van der Waals surface area contributed by atoms with E-state index >= 15 is 0 Å². The van der Waals surface area contributed by atoms with E-state index in [1.807, 2.05) is 25.1 Å². The molecule has 1 heterocycles. The van der Waals surface area contributed by atoms with E-state index in [9.17, 15) is 4.79 Å². The Hall–Kier alpha value is -2.14. The Morgan fingerprint density at radius 1 is 1.40 bits per heavy atom. The van der Waals surface area contributed by atoms with Crippen LogP contribution < -0.4 is 16.0 Å². The van der Waals surface area contributed by atoms with Crippen LogP contribution in [-0.4, -0.2) is 16.7 Å². The molecule has 0 amide bonds. The van der Waals surface area contributed by atoms with Gasteiger partial charge in [0.2, 0.25) is 0 Å². The number of hydrogen-bond donors (Lipinski definition) is 1. The lowest BCUT2D eigenvalue weighted by atomic mass is 10.0. The van der Waals surface area contributed by atoms with E-state index in [4.69, 9.17) is 10.5 Å². The highest BCUT2D eigenvalue weighted by atomic mass is 16.5. The Labute approximate surface area is 118 Å². The normalized spacial score (nSPS) is 12.2. The lowest BCUT2D eigenvalue weighted by Crippen LogP contribution is -2.21. The van der Waals surface area contributed by atoms with E-state index in [2.05, 4.69) is 4.98 Å². The molecule has 0 bridgehead atoms. The quantitative estimate of drug-likeness (QED) is 0.919. The first-order chi connectivity index (χ1) is 9.51. The minimum absolute atomic E-state index is 0.0625. The van der Waals surface area contributed by atoms with Gasteiger partial charge in [-0.05, 0) is 31.5 Å². The van der Waals surface area contributed by atoms with E-state index in [1.54, 1.807) is 24.9 Å². The van der Waals surface area contributed by atoms with Crippen LogP contribution in [0.1, 0.15) is 29.8 Å². The first-order valence-electron chi connectivity index (χ1n) is 6.46. The molecule has 2 N–H and O–H groups in total. The third kappa shape index (κ3) is 3.05. The number of hydrogen-bond acceptors (Lipinski definition) is 4. The Kier molecular flexibility index (Phi) is 4.20. The molecule has 0 aliphatic carbocycles. The van der Waals surface area contributed by atoms with Crippen LogP contribution in [-0.2, 0) is 6.54 Å². The van der Waals surface area contributed by atoms with Gasteiger partial charge < -0.3 is 10.5 Å². The van der Waals surface area contributed by atoms with Crippen LogP contribution in [0.25, 0.3) is 0 Å². The molecule has 1 aromatic heterocycles. The lowest BCUT2D eigenvalue weighted by molar-refractivity contribution is 0.407. The number of aryl methyl sites for hydroxylation is 1. The fraction of sp³-hybridized carbons (Fsp3) is 0.333. The molecule has 0 fully saturated rings. The van der Waals surface area contributed by atoms with Crippen LogP contribution >= 0.6 is 0 Å². The Morgan fingerprint density at radius 3 is 2.75 bits per heavy atom. The SMILES string of the molecule is COc1ccc(C(C)N)cc1Cn1cnc(C)cc1=O. The van der Waals surface area contributed by atoms with E-state index < -0.39 is 0 Å². The molecule has 0 radical (unpaired) electrons. The van der Waals surface area contributed by atoms with Crippen LogP contribution in [0.2, 0.25) is 0 Å². The van der Waals surface area contributed by atoms with Crippen molar-refractivity contribution in [2.45, 2.75) is 26.4 Å². The predicted molar refractivity (Wildman–Crippen MR) is 77.9 cm³/mol. The van der Waals surface area contributed by atoms with Crippen molar-refractivity contribution in [3.05, 3.63) is 57.8 Å². The van der Waals surface area contributed by atoms with Gasteiger partial charge >= 0.3 is 0 Å². The van der Waals surface area contributed by atoms with Crippen molar-refractivity contribution < 1.29 is 4.74 Å². The van der Waals surface area contributed by atoms with Gasteiger partial charge in [-0.3, -0.25) is 9.36 Å². The molecule has 1 unspecified atom stereocenters. The Bertz CT molecular complexity index is 662. The second-order valence-corrected chi connectivity index (χ2v) is 4.86. The molecule has 5 heteroatoms. The summed E-state index contributed by atoms with van der Waals surface area (Å²) >= 11 is 0. The molecule has 5 nitrogen and oxygen atoms in total. The zero-order valence-corrected chi connectivity index (χ0v) is 12.0. The molecule has 2 aromatic rings. The van der Waals surface area contributed by atoms with Gasteiger partial charge in [-0.15, -0.1) is 0 Å². The third-order valence-corrected chi connectivity index (χ3v) is 3.19. The van der Waals surface area contributed by atoms with Gasteiger partial charge in [-0.2, -0.15) is 0 Å². The molecule has 0 spiro atoms. The van der Waals surface area contributed by atoms with Gasteiger partial charge in [0.15, 0.2) is 0 Å². The number of nitrogens with zero attached hydrogens (tertiary/aromatic N) is 2. The number of nitrogens with two attached hydrogens (primary N) is 1. The van der Waals surface area contributed by atoms with Gasteiger partial charge in [0.1, 0.15) is 5.75 Å². The number of aromatic nitrogens is 2. The standard InChI is InChI=1S/C15H19N3O2/c1-10-6-15(19)18(9-17-10)8-13-7-12(11(2)16)4-5-14(13)20-3/h4-7,9,11H,8,16H2,1-3H3. The summed E-state index contributed by atoms with van der Waals surface area (Å²) in [5, 5.41) is 0. The second-order valence-electron chi connectivity index (χ2n) is 4.86. The van der Waals surface area contributed by atoms with Gasteiger partial charge in [0, 0.05) is 23.4 Å². The van der Waals surface area contributed by atoms with E-state index in [1.165, 1.54) is 6.07 Å². The first-order valence-corrected chi connectivity index (χ1v) is 6.46. The summed E-state index contributed by atoms with van der Waals surface area (Å²) in [5.41, 5.74) is 8.45. The minimum Gasteiger partial charge on any atom is -0.496 e. The molecule has 1 atom stereocenters. The molecule has 0 saturated heterocycles. The molecule has 0 aliphatic rings. The zero-order chi connectivity index (χ0) is 14.7. The highest BCUT2D eigenvalue weighted by Gasteiger charge is 2.08. The number of rotatable bonds is 4. The van der Waals surface area contributed by atoms with Crippen molar-refractivity contribution >= 4 is 0 Å². The van der Waals surface area contributed by atoms with Crippen LogP contribution in [0.4, 0.5) is 0 Å². The van der Waals surface area contributed by atoms with Crippen molar-refractivity contribution in [1.82, 2.24) is 9.55 Å². The van der Waals surface area contributed by atoms with Crippen LogP contribution in [0.15, 0.2) is 35.4 Å². The van der Waals surface area contributed by atoms with Crippen molar-refractivity contribution in [2.75, 3.05) is 7.11 Å². The van der Waals surface area contributed by atoms with Gasteiger partial charge in [0.25, 0.3) is 5.56 Å². The molecule has 2 rings (SSSR count). The maximum absolute atomic E-state index is 11.9. The van der Waals surface area contributed by atoms with Gasteiger partial charge in [-0.1, -0.05) is 6.07 Å². The third-order valence-electron chi connectivity index (χ3n) is 3.19. The molecule has 1 aromatic carbocycles. The number of methoxy groups -OCH3 is 1. The van der Waals surface area contributed by atoms with Crippen LogP contribution in [0.5, 0.6) is 5.75 Å². The van der Waals surface area contributed by atoms with Crippen LogP contribution in [0, 0.1) is 6.92 Å². The topological polar surface area (TPSA) is 70.1 Å². The molecule has 0 aliphatic heterocycles. The van der Waals surface area contributed by atoms with E-state index in [0.717, 1.165) is 16.9 Å². The highest BCUT2D eigenvalue weighted by molar-refractivity contribution is 5.38. The molecule has 0 saturated carbocycles. The van der Waals surface area contributed by atoms with Crippen molar-refractivity contribution in [3.8, 4) is 5.75 Å². The predicted octanol–water partition coefficient (Wildman–Crippen LogP) is 1.63. The largest absolute Gasteiger partial charge is 0.496 e. The zero-order valence-electron chi connectivity index (χ0n) is 12.0. The summed E-state index contributed by atoms with van der Waals surface area (Å²) in [4.78, 5) is 16.1. The molecular weight excluding hydrogens is 254 g/mol.